The highest BCUT2D eigenvalue weighted by atomic mass is 32.1. The van der Waals surface area contributed by atoms with Crippen LogP contribution in [0.1, 0.15) is 73.1 Å². The van der Waals surface area contributed by atoms with Crippen molar-refractivity contribution < 1.29 is 19.5 Å². The van der Waals surface area contributed by atoms with Gasteiger partial charge in [0.05, 0.1) is 0 Å². The van der Waals surface area contributed by atoms with Crippen molar-refractivity contribution in [1.82, 2.24) is 0 Å². The minimum absolute atomic E-state index is 0.106. The van der Waals surface area contributed by atoms with Gasteiger partial charge in [-0.2, -0.15) is 12.6 Å². The van der Waals surface area contributed by atoms with E-state index in [4.69, 9.17) is 0 Å². The fraction of sp³-hybridized carbons (Fsp3) is 0.864. The second-order valence-electron chi connectivity index (χ2n) is 9.85. The van der Waals surface area contributed by atoms with Gasteiger partial charge in [-0.05, 0) is 54.8 Å². The van der Waals surface area contributed by atoms with E-state index in [-0.39, 0.29) is 35.2 Å². The third-order valence-electron chi connectivity index (χ3n) is 7.37. The summed E-state index contributed by atoms with van der Waals surface area (Å²) in [6.07, 6.45) is 4.74. The van der Waals surface area contributed by atoms with Crippen molar-refractivity contribution in [3.63, 3.8) is 0 Å². The molecular weight excluding hydrogens is 360 g/mol. The molecule has 154 valence electrons. The van der Waals surface area contributed by atoms with Crippen molar-refractivity contribution >= 4 is 30.2 Å². The van der Waals surface area contributed by atoms with Crippen molar-refractivity contribution in [3.8, 4) is 0 Å². The van der Waals surface area contributed by atoms with Crippen LogP contribution in [-0.4, -0.2) is 27.9 Å². The Morgan fingerprint density at radius 1 is 1.04 bits per heavy atom. The minimum atomic E-state index is -0.962. The topological polar surface area (TPSA) is 71.4 Å². The predicted molar refractivity (Wildman–Crippen MR) is 110 cm³/mol. The fourth-order valence-corrected chi connectivity index (χ4v) is 6.43. The van der Waals surface area contributed by atoms with Crippen LogP contribution in [0.2, 0.25) is 0 Å². The number of carboxylic acids is 1. The van der Waals surface area contributed by atoms with Crippen LogP contribution in [0, 0.1) is 40.9 Å². The minimum Gasteiger partial charge on any atom is -0.480 e. The number of rotatable bonds is 6. The van der Waals surface area contributed by atoms with Gasteiger partial charge in [0.25, 0.3) is 0 Å². The predicted octanol–water partition coefficient (Wildman–Crippen LogP) is 4.66. The molecule has 0 bridgehead atoms. The molecule has 5 heteroatoms. The summed E-state index contributed by atoms with van der Waals surface area (Å²) in [5.41, 5.74) is -0.509. The Hall–Kier alpha value is -0.840. The monoisotopic (exact) mass is 396 g/mol. The molecule has 6 unspecified atom stereocenters. The van der Waals surface area contributed by atoms with Crippen LogP contribution in [0.15, 0.2) is 0 Å². The summed E-state index contributed by atoms with van der Waals surface area (Å²) < 4.78 is 0. The summed E-state index contributed by atoms with van der Waals surface area (Å²) in [5.74, 6) is -0.398. The Morgan fingerprint density at radius 2 is 1.56 bits per heavy atom. The van der Waals surface area contributed by atoms with Crippen LogP contribution in [0.5, 0.6) is 0 Å². The standard InChI is InChI=1S/C22H36O4S/c1-12-6-8-15(17(23)10-12)14(3)19(20(27)21(25)26)22(4,5)16-9-7-13(2)11-18(16)24/h12-16,19-20,27H,6-11H2,1-5H3,(H,25,26)/t12?,13?,14?,15-,16?,19?,20?/m0/s1. The highest BCUT2D eigenvalue weighted by Gasteiger charge is 2.51. The zero-order valence-electron chi connectivity index (χ0n) is 17.4. The van der Waals surface area contributed by atoms with Gasteiger partial charge in [-0.3, -0.25) is 14.4 Å². The molecule has 0 saturated heterocycles. The first-order valence-electron chi connectivity index (χ1n) is 10.4. The molecule has 0 amide bonds. The SMILES string of the molecule is CC1CCC(C(C)(C)C(C(S)C(=O)O)C(C)[C@@H]2CCC(C)CC2=O)C(=O)C1. The molecule has 0 aromatic rings. The van der Waals surface area contributed by atoms with Crippen molar-refractivity contribution in [2.45, 2.75) is 78.4 Å². The number of carboxylic acid groups (broad SMARTS) is 1. The number of aliphatic carboxylic acids is 1. The number of Topliss-reactive ketones (excluding diaryl/α,β-unsaturated/α-hetero) is 2. The first-order chi connectivity index (χ1) is 12.5. The molecule has 27 heavy (non-hydrogen) atoms. The van der Waals surface area contributed by atoms with E-state index in [0.717, 1.165) is 25.7 Å². The van der Waals surface area contributed by atoms with E-state index in [1.165, 1.54) is 0 Å². The number of carbonyl (C=O) groups excluding carboxylic acids is 2. The molecule has 2 aliphatic rings. The van der Waals surface area contributed by atoms with E-state index in [1.54, 1.807) is 0 Å². The average molecular weight is 397 g/mol. The Kier molecular flexibility index (Phi) is 7.21. The quantitative estimate of drug-likeness (QED) is 0.641. The maximum atomic E-state index is 12.8. The number of hydrogen-bond acceptors (Lipinski definition) is 4. The normalized spacial score (nSPS) is 33.4. The lowest BCUT2D eigenvalue weighted by molar-refractivity contribution is -0.144. The largest absolute Gasteiger partial charge is 0.480 e. The molecule has 7 atom stereocenters. The Bertz CT molecular complexity index is 585. The zero-order chi connectivity index (χ0) is 20.5. The van der Waals surface area contributed by atoms with Gasteiger partial charge in [-0.15, -0.1) is 0 Å². The van der Waals surface area contributed by atoms with Crippen molar-refractivity contribution in [1.29, 1.82) is 0 Å². The first-order valence-corrected chi connectivity index (χ1v) is 10.9. The summed E-state index contributed by atoms with van der Waals surface area (Å²) >= 11 is 4.46. The van der Waals surface area contributed by atoms with Crippen LogP contribution in [-0.2, 0) is 14.4 Å². The third kappa shape index (κ3) is 4.78. The van der Waals surface area contributed by atoms with E-state index in [1.807, 2.05) is 20.8 Å². The number of thiol groups is 1. The summed E-state index contributed by atoms with van der Waals surface area (Å²) in [6.45, 7) is 10.2. The molecule has 0 spiro atoms. The molecule has 0 aliphatic heterocycles. The average Bonchev–Trinajstić information content (AvgIpc) is 2.53. The molecule has 2 saturated carbocycles. The molecule has 0 aromatic carbocycles. The van der Waals surface area contributed by atoms with E-state index in [0.29, 0.717) is 24.7 Å². The molecule has 0 radical (unpaired) electrons. The highest BCUT2D eigenvalue weighted by Crippen LogP contribution is 2.50. The molecule has 0 heterocycles. The third-order valence-corrected chi connectivity index (χ3v) is 7.91. The second-order valence-corrected chi connectivity index (χ2v) is 10.4. The maximum absolute atomic E-state index is 12.8. The second kappa shape index (κ2) is 8.67. The van der Waals surface area contributed by atoms with Crippen molar-refractivity contribution in [2.75, 3.05) is 0 Å². The van der Waals surface area contributed by atoms with E-state index in [9.17, 15) is 19.5 Å². The highest BCUT2D eigenvalue weighted by molar-refractivity contribution is 7.81. The van der Waals surface area contributed by atoms with Gasteiger partial charge in [-0.25, -0.2) is 0 Å². The van der Waals surface area contributed by atoms with Crippen LogP contribution < -0.4 is 0 Å². The molecule has 2 aliphatic carbocycles. The lowest BCUT2D eigenvalue weighted by atomic mass is 9.56. The maximum Gasteiger partial charge on any atom is 0.316 e. The summed E-state index contributed by atoms with van der Waals surface area (Å²) in [5, 5.41) is 8.85. The van der Waals surface area contributed by atoms with E-state index >= 15 is 0 Å². The van der Waals surface area contributed by atoms with Gasteiger partial charge in [0, 0.05) is 24.7 Å². The van der Waals surface area contributed by atoms with Gasteiger partial charge in [0.15, 0.2) is 0 Å². The van der Waals surface area contributed by atoms with Crippen LogP contribution in [0.3, 0.4) is 0 Å². The number of carbonyl (C=O) groups is 3. The fourth-order valence-electron chi connectivity index (χ4n) is 5.77. The molecule has 2 fully saturated rings. The summed E-state index contributed by atoms with van der Waals surface area (Å²) in [7, 11) is 0. The van der Waals surface area contributed by atoms with E-state index < -0.39 is 16.6 Å². The molecule has 0 aromatic heterocycles. The van der Waals surface area contributed by atoms with Crippen molar-refractivity contribution in [3.05, 3.63) is 0 Å². The van der Waals surface area contributed by atoms with Gasteiger partial charge in [-0.1, -0.05) is 34.6 Å². The van der Waals surface area contributed by atoms with Gasteiger partial charge < -0.3 is 5.11 Å². The number of ketones is 2. The van der Waals surface area contributed by atoms with Gasteiger partial charge >= 0.3 is 5.97 Å². The lowest BCUT2D eigenvalue weighted by Gasteiger charge is -2.48. The van der Waals surface area contributed by atoms with Gasteiger partial charge in [0.1, 0.15) is 16.8 Å². The first kappa shape index (κ1) is 22.4. The lowest BCUT2D eigenvalue weighted by Crippen LogP contribution is -2.50. The van der Waals surface area contributed by atoms with E-state index in [2.05, 4.69) is 26.5 Å². The van der Waals surface area contributed by atoms with Crippen LogP contribution in [0.25, 0.3) is 0 Å². The van der Waals surface area contributed by atoms with Gasteiger partial charge in [0.2, 0.25) is 0 Å². The molecule has 2 rings (SSSR count). The Balaban J connectivity index is 2.34. The van der Waals surface area contributed by atoms with Crippen LogP contribution in [0.4, 0.5) is 0 Å². The molecule has 4 nitrogen and oxygen atoms in total. The Labute approximate surface area is 169 Å². The summed E-state index contributed by atoms with van der Waals surface area (Å²) in [4.78, 5) is 37.4. The number of hydrogen-bond donors (Lipinski definition) is 2. The smallest absolute Gasteiger partial charge is 0.316 e. The zero-order valence-corrected chi connectivity index (χ0v) is 18.3. The van der Waals surface area contributed by atoms with Crippen LogP contribution >= 0.6 is 12.6 Å². The molecule has 1 N–H and O–H groups in total. The Morgan fingerprint density at radius 3 is 2.04 bits per heavy atom. The molecular formula is C22H36O4S. The van der Waals surface area contributed by atoms with Crippen molar-refractivity contribution in [2.24, 2.45) is 40.9 Å². The summed E-state index contributed by atoms with van der Waals surface area (Å²) in [6, 6.07) is 0.